The van der Waals surface area contributed by atoms with Crippen molar-refractivity contribution in [2.24, 2.45) is 0 Å². The average Bonchev–Trinajstić information content (AvgIpc) is 3.49. The zero-order valence-corrected chi connectivity index (χ0v) is 16.7. The van der Waals surface area contributed by atoms with Gasteiger partial charge in [-0.15, -0.1) is 10.2 Å². The van der Waals surface area contributed by atoms with Gasteiger partial charge in [-0.05, 0) is 36.3 Å². The molecule has 1 fully saturated rings. The normalized spacial score (nSPS) is 14.4. The second-order valence-electron chi connectivity index (χ2n) is 7.27. The molecular formula is C22H25N3O2S. The van der Waals surface area contributed by atoms with Gasteiger partial charge in [0, 0.05) is 36.4 Å². The number of hydrogen-bond donors (Lipinski definition) is 0. The third-order valence-electron chi connectivity index (χ3n) is 5.36. The van der Waals surface area contributed by atoms with Gasteiger partial charge in [-0.2, -0.15) is 11.3 Å². The van der Waals surface area contributed by atoms with Crippen molar-refractivity contribution in [3.8, 4) is 11.5 Å². The van der Waals surface area contributed by atoms with Crippen molar-refractivity contribution in [1.29, 1.82) is 0 Å². The molecule has 2 aromatic heterocycles. The molecule has 0 N–H and O–H groups in total. The number of nitrogens with zero attached hydrogens (tertiary/aromatic N) is 3. The van der Waals surface area contributed by atoms with Crippen LogP contribution in [0.5, 0.6) is 0 Å². The molecule has 1 aliphatic rings. The quantitative estimate of drug-likeness (QED) is 0.552. The monoisotopic (exact) mass is 395 g/mol. The standard InChI is InChI=1S/C22H25N3O2S/c26-21(11-10-20-23-24-22(27-20)18-13-15-28-16-18)25(19-8-4-5-9-19)14-12-17-6-2-1-3-7-17/h1-3,6-7,13,15-16,19H,4-5,8-12,14H2. The van der Waals surface area contributed by atoms with E-state index in [4.69, 9.17) is 4.42 Å². The van der Waals surface area contributed by atoms with Gasteiger partial charge in [-0.1, -0.05) is 43.2 Å². The largest absolute Gasteiger partial charge is 0.421 e. The Bertz CT molecular complexity index is 870. The van der Waals surface area contributed by atoms with Crippen LogP contribution in [0.3, 0.4) is 0 Å². The van der Waals surface area contributed by atoms with Crippen molar-refractivity contribution in [3.63, 3.8) is 0 Å². The Morgan fingerprint density at radius 3 is 2.68 bits per heavy atom. The van der Waals surface area contributed by atoms with E-state index < -0.39 is 0 Å². The fourth-order valence-electron chi connectivity index (χ4n) is 3.84. The molecule has 4 rings (SSSR count). The van der Waals surface area contributed by atoms with E-state index in [9.17, 15) is 4.79 Å². The molecule has 1 saturated carbocycles. The van der Waals surface area contributed by atoms with E-state index in [-0.39, 0.29) is 5.91 Å². The summed E-state index contributed by atoms with van der Waals surface area (Å²) in [7, 11) is 0. The first-order chi connectivity index (χ1) is 13.8. The average molecular weight is 396 g/mol. The summed E-state index contributed by atoms with van der Waals surface area (Å²) in [6.07, 6.45) is 6.46. The first kappa shape index (κ1) is 18.9. The predicted molar refractivity (Wildman–Crippen MR) is 110 cm³/mol. The molecule has 0 aliphatic heterocycles. The highest BCUT2D eigenvalue weighted by atomic mass is 32.1. The smallest absolute Gasteiger partial charge is 0.248 e. The molecule has 3 aromatic rings. The third-order valence-corrected chi connectivity index (χ3v) is 6.04. The number of thiophene rings is 1. The summed E-state index contributed by atoms with van der Waals surface area (Å²) in [5, 5.41) is 12.2. The van der Waals surface area contributed by atoms with Crippen LogP contribution in [-0.2, 0) is 17.6 Å². The van der Waals surface area contributed by atoms with Gasteiger partial charge in [0.05, 0.1) is 0 Å². The maximum absolute atomic E-state index is 13.0. The highest BCUT2D eigenvalue weighted by Crippen LogP contribution is 2.25. The van der Waals surface area contributed by atoms with Crippen LogP contribution < -0.4 is 0 Å². The molecule has 0 unspecified atom stereocenters. The summed E-state index contributed by atoms with van der Waals surface area (Å²) >= 11 is 1.59. The molecule has 1 aromatic carbocycles. The van der Waals surface area contributed by atoms with Crippen molar-refractivity contribution in [2.75, 3.05) is 6.54 Å². The van der Waals surface area contributed by atoms with E-state index >= 15 is 0 Å². The van der Waals surface area contributed by atoms with Gasteiger partial charge >= 0.3 is 0 Å². The van der Waals surface area contributed by atoms with Crippen LogP contribution in [0.15, 0.2) is 51.6 Å². The zero-order chi connectivity index (χ0) is 19.2. The zero-order valence-electron chi connectivity index (χ0n) is 15.9. The SMILES string of the molecule is O=C(CCc1nnc(-c2ccsc2)o1)N(CCc1ccccc1)C1CCCC1. The molecule has 6 heteroatoms. The van der Waals surface area contributed by atoms with Gasteiger partial charge in [0.1, 0.15) is 0 Å². The second kappa shape index (κ2) is 9.15. The Labute approximate surface area is 169 Å². The number of rotatable bonds is 8. The van der Waals surface area contributed by atoms with Crippen LogP contribution in [-0.4, -0.2) is 33.6 Å². The molecule has 0 radical (unpaired) electrons. The molecule has 2 heterocycles. The van der Waals surface area contributed by atoms with Crippen LogP contribution in [0, 0.1) is 0 Å². The maximum Gasteiger partial charge on any atom is 0.248 e. The Hall–Kier alpha value is -2.47. The molecular weight excluding hydrogens is 370 g/mol. The number of carbonyl (C=O) groups excluding carboxylic acids is 1. The molecule has 5 nitrogen and oxygen atoms in total. The number of carbonyl (C=O) groups is 1. The lowest BCUT2D eigenvalue weighted by atomic mass is 10.1. The lowest BCUT2D eigenvalue weighted by Gasteiger charge is -2.29. The molecule has 0 saturated heterocycles. The molecule has 1 aliphatic carbocycles. The van der Waals surface area contributed by atoms with E-state index in [1.54, 1.807) is 11.3 Å². The minimum atomic E-state index is 0.193. The lowest BCUT2D eigenvalue weighted by molar-refractivity contribution is -0.133. The van der Waals surface area contributed by atoms with Crippen molar-refractivity contribution < 1.29 is 9.21 Å². The summed E-state index contributed by atoms with van der Waals surface area (Å²) < 4.78 is 5.73. The Kier molecular flexibility index (Phi) is 6.17. The predicted octanol–water partition coefficient (Wildman–Crippen LogP) is 4.74. The van der Waals surface area contributed by atoms with Crippen LogP contribution in [0.4, 0.5) is 0 Å². The van der Waals surface area contributed by atoms with E-state index in [1.165, 1.54) is 18.4 Å². The topological polar surface area (TPSA) is 59.2 Å². The number of amides is 1. The van der Waals surface area contributed by atoms with Crippen molar-refractivity contribution in [2.45, 2.75) is 51.0 Å². The number of benzene rings is 1. The molecule has 0 atom stereocenters. The Morgan fingerprint density at radius 1 is 1.11 bits per heavy atom. The van der Waals surface area contributed by atoms with Crippen LogP contribution in [0.25, 0.3) is 11.5 Å². The van der Waals surface area contributed by atoms with E-state index in [1.807, 2.05) is 22.9 Å². The van der Waals surface area contributed by atoms with Gasteiger partial charge < -0.3 is 9.32 Å². The summed E-state index contributed by atoms with van der Waals surface area (Å²) in [6, 6.07) is 12.7. The summed E-state index contributed by atoms with van der Waals surface area (Å²) in [5.74, 6) is 1.25. The Balaban J connectivity index is 1.36. The second-order valence-corrected chi connectivity index (χ2v) is 8.05. The first-order valence-electron chi connectivity index (χ1n) is 9.98. The molecule has 146 valence electrons. The third kappa shape index (κ3) is 4.68. The Morgan fingerprint density at radius 2 is 1.93 bits per heavy atom. The van der Waals surface area contributed by atoms with Crippen LogP contribution in [0.1, 0.15) is 43.6 Å². The number of aromatic nitrogens is 2. The van der Waals surface area contributed by atoms with Gasteiger partial charge in [0.25, 0.3) is 0 Å². The highest BCUT2D eigenvalue weighted by molar-refractivity contribution is 7.08. The van der Waals surface area contributed by atoms with Gasteiger partial charge in [0.2, 0.25) is 17.7 Å². The van der Waals surface area contributed by atoms with Crippen LogP contribution >= 0.6 is 11.3 Å². The van der Waals surface area contributed by atoms with E-state index in [0.29, 0.717) is 30.7 Å². The van der Waals surface area contributed by atoms with Gasteiger partial charge in [0.15, 0.2) is 0 Å². The number of aryl methyl sites for hydroxylation is 1. The summed E-state index contributed by atoms with van der Waals surface area (Å²) in [5.41, 5.74) is 2.21. The maximum atomic E-state index is 13.0. The minimum Gasteiger partial charge on any atom is -0.421 e. The van der Waals surface area contributed by atoms with Gasteiger partial charge in [-0.25, -0.2) is 0 Å². The molecule has 1 amide bonds. The molecule has 28 heavy (non-hydrogen) atoms. The van der Waals surface area contributed by atoms with Crippen LogP contribution in [0.2, 0.25) is 0 Å². The highest BCUT2D eigenvalue weighted by Gasteiger charge is 2.26. The van der Waals surface area contributed by atoms with E-state index in [2.05, 4.69) is 39.4 Å². The van der Waals surface area contributed by atoms with Crippen molar-refractivity contribution in [3.05, 3.63) is 58.6 Å². The first-order valence-corrected chi connectivity index (χ1v) is 10.9. The molecule has 0 spiro atoms. The number of hydrogen-bond acceptors (Lipinski definition) is 5. The van der Waals surface area contributed by atoms with E-state index in [0.717, 1.165) is 31.4 Å². The minimum absolute atomic E-state index is 0.193. The lowest BCUT2D eigenvalue weighted by Crippen LogP contribution is -2.40. The fraction of sp³-hybridized carbons (Fsp3) is 0.409. The summed E-state index contributed by atoms with van der Waals surface area (Å²) in [4.78, 5) is 15.1. The molecule has 0 bridgehead atoms. The van der Waals surface area contributed by atoms with Crippen molar-refractivity contribution in [1.82, 2.24) is 15.1 Å². The van der Waals surface area contributed by atoms with Crippen molar-refractivity contribution >= 4 is 17.2 Å². The van der Waals surface area contributed by atoms with Gasteiger partial charge in [-0.3, -0.25) is 4.79 Å². The summed E-state index contributed by atoms with van der Waals surface area (Å²) in [6.45, 7) is 0.775. The fourth-order valence-corrected chi connectivity index (χ4v) is 4.47.